The predicted molar refractivity (Wildman–Crippen MR) is 120 cm³/mol. The zero-order valence-electron chi connectivity index (χ0n) is 18.6. The molecule has 31 heavy (non-hydrogen) atoms. The van der Waals surface area contributed by atoms with Gasteiger partial charge in [0, 0.05) is 19.2 Å². The lowest BCUT2D eigenvalue weighted by Crippen LogP contribution is -2.47. The molecule has 0 aliphatic carbocycles. The molecule has 4 rings (SSSR count). The summed E-state index contributed by atoms with van der Waals surface area (Å²) in [7, 11) is 1.56. The summed E-state index contributed by atoms with van der Waals surface area (Å²) in [4.78, 5) is 30.7. The number of rotatable bonds is 4. The Kier molecular flexibility index (Phi) is 5.58. The fourth-order valence-corrected chi connectivity index (χ4v) is 4.49. The highest BCUT2D eigenvalue weighted by Gasteiger charge is 2.44. The fourth-order valence-electron chi connectivity index (χ4n) is 4.49. The molecule has 0 spiro atoms. The molecule has 6 heteroatoms. The Hall–Kier alpha value is -3.12. The van der Waals surface area contributed by atoms with Gasteiger partial charge >= 0.3 is 0 Å². The first-order chi connectivity index (χ1) is 14.8. The zero-order chi connectivity index (χ0) is 22.3. The van der Waals surface area contributed by atoms with Crippen LogP contribution in [0.2, 0.25) is 0 Å². The number of anilines is 1. The van der Waals surface area contributed by atoms with Crippen molar-refractivity contribution in [2.45, 2.75) is 39.9 Å². The second kappa shape index (κ2) is 8.19. The van der Waals surface area contributed by atoms with Crippen molar-refractivity contribution in [3.8, 4) is 5.75 Å². The largest absolute Gasteiger partial charge is 0.497 e. The number of ether oxygens (including phenoxy) is 2. The van der Waals surface area contributed by atoms with E-state index in [1.165, 1.54) is 4.90 Å². The van der Waals surface area contributed by atoms with Gasteiger partial charge in [-0.25, -0.2) is 4.90 Å². The fraction of sp³-hybridized carbons (Fsp3) is 0.360. The maximum Gasteiger partial charge on any atom is 0.282 e. The Morgan fingerprint density at radius 1 is 0.968 bits per heavy atom. The maximum atomic E-state index is 13.7. The van der Waals surface area contributed by atoms with E-state index in [9.17, 15) is 9.59 Å². The van der Waals surface area contributed by atoms with E-state index < -0.39 is 0 Å². The van der Waals surface area contributed by atoms with Crippen LogP contribution in [0.15, 0.2) is 48.2 Å². The number of amides is 2. The van der Waals surface area contributed by atoms with Crippen molar-refractivity contribution < 1.29 is 19.1 Å². The van der Waals surface area contributed by atoms with Crippen molar-refractivity contribution in [1.82, 2.24) is 4.90 Å². The zero-order valence-corrected chi connectivity index (χ0v) is 18.6. The van der Waals surface area contributed by atoms with Crippen LogP contribution in [0, 0.1) is 13.8 Å². The van der Waals surface area contributed by atoms with Crippen molar-refractivity contribution in [3.63, 3.8) is 0 Å². The molecule has 1 fully saturated rings. The average Bonchev–Trinajstić information content (AvgIpc) is 2.97. The van der Waals surface area contributed by atoms with Crippen molar-refractivity contribution in [1.29, 1.82) is 0 Å². The van der Waals surface area contributed by atoms with E-state index in [1.807, 2.05) is 50.8 Å². The van der Waals surface area contributed by atoms with E-state index in [0.717, 1.165) is 16.7 Å². The Bertz CT molecular complexity index is 1060. The highest BCUT2D eigenvalue weighted by molar-refractivity contribution is 6.45. The van der Waals surface area contributed by atoms with E-state index >= 15 is 0 Å². The van der Waals surface area contributed by atoms with Crippen LogP contribution in [0.5, 0.6) is 5.75 Å². The van der Waals surface area contributed by atoms with Crippen LogP contribution in [0.4, 0.5) is 5.69 Å². The summed E-state index contributed by atoms with van der Waals surface area (Å²) < 4.78 is 11.2. The Balaban J connectivity index is 1.86. The molecule has 2 aliphatic heterocycles. The summed E-state index contributed by atoms with van der Waals surface area (Å²) >= 11 is 0. The van der Waals surface area contributed by atoms with Crippen LogP contribution in [-0.2, 0) is 14.3 Å². The van der Waals surface area contributed by atoms with Gasteiger partial charge in [0.05, 0.1) is 30.6 Å². The number of imide groups is 1. The van der Waals surface area contributed by atoms with E-state index in [-0.39, 0.29) is 24.0 Å². The number of morpholine rings is 1. The third-order valence-corrected chi connectivity index (χ3v) is 5.76. The topological polar surface area (TPSA) is 59.1 Å². The number of aryl methyl sites for hydroxylation is 2. The van der Waals surface area contributed by atoms with Crippen LogP contribution in [-0.4, -0.2) is 49.1 Å². The van der Waals surface area contributed by atoms with Crippen LogP contribution in [0.3, 0.4) is 0 Å². The lowest BCUT2D eigenvalue weighted by molar-refractivity contribution is -0.121. The molecular formula is C25H28N2O4. The monoisotopic (exact) mass is 420 g/mol. The molecule has 2 aromatic carbocycles. The number of methoxy groups -OCH3 is 1. The van der Waals surface area contributed by atoms with Gasteiger partial charge in [0.25, 0.3) is 11.8 Å². The molecule has 2 aromatic rings. The van der Waals surface area contributed by atoms with E-state index in [0.29, 0.717) is 35.8 Å². The average molecular weight is 421 g/mol. The van der Waals surface area contributed by atoms with Crippen LogP contribution in [0.25, 0.3) is 5.57 Å². The summed E-state index contributed by atoms with van der Waals surface area (Å²) in [6.45, 7) is 9.07. The molecule has 6 nitrogen and oxygen atoms in total. The molecule has 0 N–H and O–H groups in total. The van der Waals surface area contributed by atoms with Gasteiger partial charge in [-0.15, -0.1) is 0 Å². The number of benzene rings is 2. The minimum atomic E-state index is -0.313. The molecule has 162 valence electrons. The molecule has 2 atom stereocenters. The number of carbonyl (C=O) groups excluding carboxylic acids is 2. The van der Waals surface area contributed by atoms with E-state index in [4.69, 9.17) is 9.47 Å². The number of hydrogen-bond donors (Lipinski definition) is 0. The molecule has 2 unspecified atom stereocenters. The second-order valence-corrected chi connectivity index (χ2v) is 8.35. The SMILES string of the molecule is COc1cccc(N2C(=O)C(c3ccc(C)cc3C)=C(N3CC(C)OC(C)C3)C2=O)c1. The first kappa shape index (κ1) is 21.1. The van der Waals surface area contributed by atoms with Gasteiger partial charge in [-0.2, -0.15) is 0 Å². The van der Waals surface area contributed by atoms with Crippen molar-refractivity contribution >= 4 is 23.1 Å². The molecule has 2 aliphatic rings. The Labute approximate surface area is 183 Å². The van der Waals surface area contributed by atoms with Crippen molar-refractivity contribution in [3.05, 3.63) is 64.9 Å². The van der Waals surface area contributed by atoms with E-state index in [1.54, 1.807) is 31.4 Å². The van der Waals surface area contributed by atoms with Gasteiger partial charge < -0.3 is 14.4 Å². The molecule has 2 amide bonds. The van der Waals surface area contributed by atoms with Gasteiger partial charge in [0.15, 0.2) is 0 Å². The lowest BCUT2D eigenvalue weighted by Gasteiger charge is -2.37. The number of hydrogen-bond acceptors (Lipinski definition) is 5. The normalized spacial score (nSPS) is 21.8. The third kappa shape index (κ3) is 3.83. The summed E-state index contributed by atoms with van der Waals surface area (Å²) in [6, 6.07) is 13.0. The second-order valence-electron chi connectivity index (χ2n) is 8.35. The quantitative estimate of drug-likeness (QED) is 0.706. The van der Waals surface area contributed by atoms with Crippen molar-refractivity contribution in [2.24, 2.45) is 0 Å². The van der Waals surface area contributed by atoms with Gasteiger partial charge in [0.1, 0.15) is 11.4 Å². The highest BCUT2D eigenvalue weighted by Crippen LogP contribution is 2.37. The summed E-state index contributed by atoms with van der Waals surface area (Å²) in [6.07, 6.45) is -0.0734. The van der Waals surface area contributed by atoms with Crippen LogP contribution >= 0.6 is 0 Å². The summed E-state index contributed by atoms with van der Waals surface area (Å²) in [5.74, 6) is -0.0326. The van der Waals surface area contributed by atoms with Crippen LogP contribution < -0.4 is 9.64 Å². The van der Waals surface area contributed by atoms with Crippen molar-refractivity contribution in [2.75, 3.05) is 25.1 Å². The summed E-state index contributed by atoms with van der Waals surface area (Å²) in [5.41, 5.74) is 4.26. The van der Waals surface area contributed by atoms with Gasteiger partial charge in [0.2, 0.25) is 0 Å². The highest BCUT2D eigenvalue weighted by atomic mass is 16.5. The minimum absolute atomic E-state index is 0.0367. The molecule has 0 saturated carbocycles. The Morgan fingerprint density at radius 3 is 2.32 bits per heavy atom. The smallest absolute Gasteiger partial charge is 0.282 e. The molecule has 0 aromatic heterocycles. The minimum Gasteiger partial charge on any atom is -0.497 e. The maximum absolute atomic E-state index is 13.7. The third-order valence-electron chi connectivity index (χ3n) is 5.76. The molecule has 0 bridgehead atoms. The van der Waals surface area contributed by atoms with Gasteiger partial charge in [-0.05, 0) is 51.0 Å². The molecule has 1 saturated heterocycles. The van der Waals surface area contributed by atoms with Crippen LogP contribution in [0.1, 0.15) is 30.5 Å². The molecular weight excluding hydrogens is 392 g/mol. The molecule has 0 radical (unpaired) electrons. The lowest BCUT2D eigenvalue weighted by atomic mass is 9.97. The molecule has 2 heterocycles. The van der Waals surface area contributed by atoms with E-state index in [2.05, 4.69) is 0 Å². The first-order valence-electron chi connectivity index (χ1n) is 10.5. The summed E-state index contributed by atoms with van der Waals surface area (Å²) in [5, 5.41) is 0. The number of carbonyl (C=O) groups is 2. The predicted octanol–water partition coefficient (Wildman–Crippen LogP) is 3.71. The standard InChI is InChI=1S/C25H28N2O4/c1-15-9-10-21(16(2)11-15)22-23(26-13-17(3)31-18(4)14-26)25(29)27(24(22)28)19-7-6-8-20(12-19)30-5/h6-12,17-18H,13-14H2,1-5H3. The number of nitrogens with zero attached hydrogens (tertiary/aromatic N) is 2. The van der Waals surface area contributed by atoms with Gasteiger partial charge in [-0.1, -0.05) is 29.8 Å². The first-order valence-corrected chi connectivity index (χ1v) is 10.5. The Morgan fingerprint density at radius 2 is 1.68 bits per heavy atom. The van der Waals surface area contributed by atoms with Gasteiger partial charge in [-0.3, -0.25) is 9.59 Å².